The van der Waals surface area contributed by atoms with E-state index in [1.54, 1.807) is 4.68 Å². The molecule has 0 unspecified atom stereocenters. The molecule has 0 aliphatic heterocycles. The molecule has 0 atom stereocenters. The molecule has 0 spiro atoms. The summed E-state index contributed by atoms with van der Waals surface area (Å²) >= 11 is 0. The molecule has 0 aliphatic carbocycles. The first-order valence-electron chi connectivity index (χ1n) is 5.93. The van der Waals surface area contributed by atoms with Crippen LogP contribution >= 0.6 is 0 Å². The number of rotatable bonds is 2. The summed E-state index contributed by atoms with van der Waals surface area (Å²) in [5.41, 5.74) is 8.77. The smallest absolute Gasteiger partial charge is 0.161 e. The first-order valence-corrected chi connectivity index (χ1v) is 5.93. The Hall–Kier alpha value is -2.69. The molecule has 94 valence electrons. The van der Waals surface area contributed by atoms with Crippen LogP contribution in [-0.4, -0.2) is 19.7 Å². The first kappa shape index (κ1) is 11.4. The minimum absolute atomic E-state index is 0.474. The van der Waals surface area contributed by atoms with E-state index in [-0.39, 0.29) is 0 Å². The normalized spacial score (nSPS) is 10.6. The maximum Gasteiger partial charge on any atom is 0.161 e. The molecule has 0 saturated heterocycles. The Morgan fingerprint density at radius 2 is 1.84 bits per heavy atom. The van der Waals surface area contributed by atoms with E-state index >= 15 is 0 Å². The third-order valence-electron chi connectivity index (χ3n) is 3.00. The fourth-order valence-corrected chi connectivity index (χ4v) is 1.90. The van der Waals surface area contributed by atoms with Crippen molar-refractivity contribution < 1.29 is 0 Å². The molecule has 5 nitrogen and oxygen atoms in total. The second-order valence-corrected chi connectivity index (χ2v) is 4.25. The largest absolute Gasteiger partial charge is 0.383 e. The standard InChI is InChI=1S/C14H13N5/c1-10-13(15)16-9-17-14(10)19-8-12(7-18-19)11-5-3-2-4-6-11/h2-9H,1H3,(H2,15,16,17). The fourth-order valence-electron chi connectivity index (χ4n) is 1.90. The number of hydrogen-bond donors (Lipinski definition) is 1. The van der Waals surface area contributed by atoms with Crippen molar-refractivity contribution in [3.05, 3.63) is 54.6 Å². The summed E-state index contributed by atoms with van der Waals surface area (Å²) in [6.07, 6.45) is 5.19. The monoisotopic (exact) mass is 251 g/mol. The molecule has 0 bridgehead atoms. The van der Waals surface area contributed by atoms with Crippen LogP contribution in [0.3, 0.4) is 0 Å². The van der Waals surface area contributed by atoms with Gasteiger partial charge in [0, 0.05) is 17.3 Å². The molecule has 19 heavy (non-hydrogen) atoms. The second-order valence-electron chi connectivity index (χ2n) is 4.25. The van der Waals surface area contributed by atoms with Crippen molar-refractivity contribution in [2.45, 2.75) is 6.92 Å². The van der Waals surface area contributed by atoms with Gasteiger partial charge in [-0.05, 0) is 12.5 Å². The SMILES string of the molecule is Cc1c(N)ncnc1-n1cc(-c2ccccc2)cn1. The van der Waals surface area contributed by atoms with E-state index in [9.17, 15) is 0 Å². The molecule has 0 aliphatic rings. The zero-order valence-electron chi connectivity index (χ0n) is 10.5. The van der Waals surface area contributed by atoms with Crippen LogP contribution in [0.1, 0.15) is 5.56 Å². The Morgan fingerprint density at radius 1 is 1.05 bits per heavy atom. The van der Waals surface area contributed by atoms with Gasteiger partial charge in [0.2, 0.25) is 0 Å². The first-order chi connectivity index (χ1) is 9.25. The lowest BCUT2D eigenvalue weighted by molar-refractivity contribution is 0.831. The molecule has 5 heteroatoms. The summed E-state index contributed by atoms with van der Waals surface area (Å²) in [5.74, 6) is 1.18. The number of nitrogen functional groups attached to an aromatic ring is 1. The van der Waals surface area contributed by atoms with E-state index in [0.29, 0.717) is 11.6 Å². The van der Waals surface area contributed by atoms with Gasteiger partial charge in [-0.15, -0.1) is 0 Å². The van der Waals surface area contributed by atoms with Crippen LogP contribution in [0.5, 0.6) is 0 Å². The highest BCUT2D eigenvalue weighted by atomic mass is 15.3. The van der Waals surface area contributed by atoms with Crippen molar-refractivity contribution in [2.24, 2.45) is 0 Å². The average Bonchev–Trinajstić information content (AvgIpc) is 2.92. The van der Waals surface area contributed by atoms with Gasteiger partial charge in [-0.3, -0.25) is 0 Å². The second kappa shape index (κ2) is 4.53. The lowest BCUT2D eigenvalue weighted by Gasteiger charge is -2.05. The number of nitrogens with zero attached hydrogens (tertiary/aromatic N) is 4. The minimum atomic E-state index is 0.474. The molecule has 0 amide bonds. The van der Waals surface area contributed by atoms with Crippen LogP contribution in [0.4, 0.5) is 5.82 Å². The summed E-state index contributed by atoms with van der Waals surface area (Å²) in [5, 5.41) is 4.34. The Bertz CT molecular complexity index is 703. The molecule has 1 aromatic carbocycles. The van der Waals surface area contributed by atoms with Gasteiger partial charge in [0.25, 0.3) is 0 Å². The van der Waals surface area contributed by atoms with E-state index in [1.165, 1.54) is 6.33 Å². The number of aromatic nitrogens is 4. The van der Waals surface area contributed by atoms with Crippen molar-refractivity contribution in [3.8, 4) is 16.9 Å². The van der Waals surface area contributed by atoms with E-state index < -0.39 is 0 Å². The Labute approximate surface area is 110 Å². The molecule has 0 fully saturated rings. The van der Waals surface area contributed by atoms with Crippen molar-refractivity contribution in [3.63, 3.8) is 0 Å². The van der Waals surface area contributed by atoms with Crippen LogP contribution in [0.15, 0.2) is 49.1 Å². The highest BCUT2D eigenvalue weighted by Gasteiger charge is 2.08. The molecule has 2 aromatic heterocycles. The molecule has 2 heterocycles. The highest BCUT2D eigenvalue weighted by Crippen LogP contribution is 2.20. The summed E-state index contributed by atoms with van der Waals surface area (Å²) in [7, 11) is 0. The number of nitrogens with two attached hydrogens (primary N) is 1. The summed E-state index contributed by atoms with van der Waals surface area (Å²) in [4.78, 5) is 8.18. The molecular weight excluding hydrogens is 238 g/mol. The van der Waals surface area contributed by atoms with Crippen molar-refractivity contribution in [2.75, 3.05) is 5.73 Å². The molecule has 2 N–H and O–H groups in total. The quantitative estimate of drug-likeness (QED) is 0.758. The Kier molecular flexibility index (Phi) is 2.72. The zero-order chi connectivity index (χ0) is 13.2. The van der Waals surface area contributed by atoms with Crippen LogP contribution in [0.2, 0.25) is 0 Å². The van der Waals surface area contributed by atoms with Crippen molar-refractivity contribution >= 4 is 5.82 Å². The molecule has 0 radical (unpaired) electrons. The average molecular weight is 251 g/mol. The number of benzene rings is 1. The molecule has 3 rings (SSSR count). The van der Waals surface area contributed by atoms with Crippen LogP contribution in [0, 0.1) is 6.92 Å². The third kappa shape index (κ3) is 2.06. The van der Waals surface area contributed by atoms with Gasteiger partial charge in [0.05, 0.1) is 6.20 Å². The lowest BCUT2D eigenvalue weighted by Crippen LogP contribution is -2.05. The van der Waals surface area contributed by atoms with Crippen molar-refractivity contribution in [1.82, 2.24) is 19.7 Å². The fraction of sp³-hybridized carbons (Fsp3) is 0.0714. The lowest BCUT2D eigenvalue weighted by atomic mass is 10.1. The van der Waals surface area contributed by atoms with E-state index in [2.05, 4.69) is 15.1 Å². The van der Waals surface area contributed by atoms with Crippen LogP contribution in [0.25, 0.3) is 16.9 Å². The molecule has 3 aromatic rings. The Morgan fingerprint density at radius 3 is 2.63 bits per heavy atom. The van der Waals surface area contributed by atoms with E-state index in [0.717, 1.165) is 16.7 Å². The molecular formula is C14H13N5. The summed E-state index contributed by atoms with van der Waals surface area (Å²) < 4.78 is 1.72. The predicted octanol–water partition coefficient (Wildman–Crippen LogP) is 2.22. The van der Waals surface area contributed by atoms with E-state index in [1.807, 2.05) is 49.6 Å². The maximum absolute atomic E-state index is 5.78. The number of anilines is 1. The van der Waals surface area contributed by atoms with Crippen LogP contribution < -0.4 is 5.73 Å². The highest BCUT2D eigenvalue weighted by molar-refractivity contribution is 5.62. The minimum Gasteiger partial charge on any atom is -0.383 e. The molecule has 0 saturated carbocycles. The van der Waals surface area contributed by atoms with Gasteiger partial charge in [-0.25, -0.2) is 14.6 Å². The summed E-state index contributed by atoms with van der Waals surface area (Å²) in [6.45, 7) is 1.88. The summed E-state index contributed by atoms with van der Waals surface area (Å²) in [6, 6.07) is 10.1. The van der Waals surface area contributed by atoms with Gasteiger partial charge in [0.15, 0.2) is 5.82 Å². The predicted molar refractivity (Wildman–Crippen MR) is 73.7 cm³/mol. The van der Waals surface area contributed by atoms with Gasteiger partial charge in [-0.2, -0.15) is 5.10 Å². The maximum atomic E-state index is 5.78. The zero-order valence-corrected chi connectivity index (χ0v) is 10.5. The Balaban J connectivity index is 2.05. The van der Waals surface area contributed by atoms with Crippen LogP contribution in [-0.2, 0) is 0 Å². The van der Waals surface area contributed by atoms with Gasteiger partial charge >= 0.3 is 0 Å². The number of hydrogen-bond acceptors (Lipinski definition) is 4. The van der Waals surface area contributed by atoms with Gasteiger partial charge in [0.1, 0.15) is 12.1 Å². The van der Waals surface area contributed by atoms with Crippen molar-refractivity contribution in [1.29, 1.82) is 0 Å². The van der Waals surface area contributed by atoms with Gasteiger partial charge < -0.3 is 5.73 Å². The van der Waals surface area contributed by atoms with Gasteiger partial charge in [-0.1, -0.05) is 30.3 Å². The topological polar surface area (TPSA) is 69.6 Å². The third-order valence-corrected chi connectivity index (χ3v) is 3.00. The van der Waals surface area contributed by atoms with E-state index in [4.69, 9.17) is 5.73 Å².